The molecule has 6 heteroatoms. The van der Waals surface area contributed by atoms with E-state index in [0.717, 1.165) is 42.8 Å². The lowest BCUT2D eigenvalue weighted by atomic mass is 9.90. The molecule has 0 bridgehead atoms. The number of imide groups is 1. The number of carbonyl (C=O) groups excluding carboxylic acids is 2. The van der Waals surface area contributed by atoms with E-state index in [4.69, 9.17) is 4.74 Å². The Balaban J connectivity index is 1.88. The van der Waals surface area contributed by atoms with Crippen LogP contribution in [0.2, 0.25) is 0 Å². The quantitative estimate of drug-likeness (QED) is 0.859. The zero-order chi connectivity index (χ0) is 17.5. The van der Waals surface area contributed by atoms with Crippen LogP contribution in [0.4, 0.5) is 4.79 Å². The molecule has 1 unspecified atom stereocenters. The van der Waals surface area contributed by atoms with Crippen LogP contribution in [0.1, 0.15) is 30.9 Å². The van der Waals surface area contributed by atoms with Crippen LogP contribution in [-0.4, -0.2) is 55.0 Å². The Morgan fingerprint density at radius 1 is 1.25 bits per heavy atom. The van der Waals surface area contributed by atoms with Crippen molar-refractivity contribution in [1.29, 1.82) is 0 Å². The Morgan fingerprint density at radius 2 is 1.92 bits per heavy atom. The molecule has 3 amide bonds. The first kappa shape index (κ1) is 16.8. The van der Waals surface area contributed by atoms with Crippen LogP contribution in [0, 0.1) is 6.92 Å². The molecule has 130 valence electrons. The van der Waals surface area contributed by atoms with Crippen LogP contribution in [0.3, 0.4) is 0 Å². The Morgan fingerprint density at radius 3 is 2.50 bits per heavy atom. The zero-order valence-electron chi connectivity index (χ0n) is 14.8. The lowest BCUT2D eigenvalue weighted by molar-refractivity contribution is -0.133. The third-order valence-electron chi connectivity index (χ3n) is 5.25. The fourth-order valence-corrected chi connectivity index (χ4v) is 3.63. The summed E-state index contributed by atoms with van der Waals surface area (Å²) in [5.41, 5.74) is 0.711. The molecule has 2 saturated heterocycles. The highest BCUT2D eigenvalue weighted by Gasteiger charge is 2.51. The van der Waals surface area contributed by atoms with Crippen molar-refractivity contribution in [3.05, 3.63) is 29.3 Å². The van der Waals surface area contributed by atoms with Gasteiger partial charge in [0.25, 0.3) is 5.91 Å². The van der Waals surface area contributed by atoms with Gasteiger partial charge in [0.1, 0.15) is 11.3 Å². The van der Waals surface area contributed by atoms with Crippen LogP contribution in [-0.2, 0) is 10.3 Å². The number of carbonyl (C=O) groups is 2. The monoisotopic (exact) mass is 331 g/mol. The van der Waals surface area contributed by atoms with Crippen molar-refractivity contribution in [3.63, 3.8) is 0 Å². The minimum absolute atomic E-state index is 0.0186. The van der Waals surface area contributed by atoms with E-state index in [1.165, 1.54) is 4.90 Å². The molecular formula is C18H25N3O3. The molecule has 1 N–H and O–H groups in total. The minimum atomic E-state index is -1.02. The second-order valence-electron chi connectivity index (χ2n) is 6.95. The average molecular weight is 331 g/mol. The highest BCUT2D eigenvalue weighted by atomic mass is 16.5. The maximum atomic E-state index is 13.1. The predicted molar refractivity (Wildman–Crippen MR) is 91.0 cm³/mol. The fourth-order valence-electron chi connectivity index (χ4n) is 3.63. The molecule has 2 aliphatic rings. The van der Waals surface area contributed by atoms with Crippen molar-refractivity contribution in [2.45, 2.75) is 38.3 Å². The standard InChI is InChI=1S/C18H25N3O3/c1-12-11-13(5-6-15(12)24-4)18(2)16(22)21(17(23)19-18)14-7-9-20(3)10-8-14/h5-6,11,14H,7-10H2,1-4H3,(H,19,23). The number of methoxy groups -OCH3 is 1. The molecule has 2 heterocycles. The minimum Gasteiger partial charge on any atom is -0.496 e. The van der Waals surface area contributed by atoms with Crippen LogP contribution >= 0.6 is 0 Å². The Bertz CT molecular complexity index is 667. The zero-order valence-corrected chi connectivity index (χ0v) is 14.8. The van der Waals surface area contributed by atoms with Gasteiger partial charge in [-0.05, 0) is 70.1 Å². The number of hydrogen-bond donors (Lipinski definition) is 1. The summed E-state index contributed by atoms with van der Waals surface area (Å²) in [5.74, 6) is 0.609. The van der Waals surface area contributed by atoms with Gasteiger partial charge in [-0.15, -0.1) is 0 Å². The summed E-state index contributed by atoms with van der Waals surface area (Å²) in [7, 11) is 3.68. The maximum absolute atomic E-state index is 13.1. The summed E-state index contributed by atoms with van der Waals surface area (Å²) in [6.07, 6.45) is 1.65. The van der Waals surface area contributed by atoms with Crippen LogP contribution in [0.15, 0.2) is 18.2 Å². The van der Waals surface area contributed by atoms with E-state index >= 15 is 0 Å². The van der Waals surface area contributed by atoms with Crippen molar-refractivity contribution < 1.29 is 14.3 Å². The maximum Gasteiger partial charge on any atom is 0.325 e. The largest absolute Gasteiger partial charge is 0.496 e. The number of piperidine rings is 1. The molecule has 0 saturated carbocycles. The van der Waals surface area contributed by atoms with Gasteiger partial charge in [-0.1, -0.05) is 6.07 Å². The molecule has 0 radical (unpaired) electrons. The summed E-state index contributed by atoms with van der Waals surface area (Å²) in [4.78, 5) is 29.3. The van der Waals surface area contributed by atoms with Crippen LogP contribution in [0.5, 0.6) is 5.75 Å². The number of benzene rings is 1. The summed E-state index contributed by atoms with van der Waals surface area (Å²) in [6, 6.07) is 5.30. The highest BCUT2D eigenvalue weighted by Crippen LogP contribution is 2.34. The number of ether oxygens (including phenoxy) is 1. The lowest BCUT2D eigenvalue weighted by Gasteiger charge is -2.33. The van der Waals surface area contributed by atoms with Gasteiger partial charge in [0, 0.05) is 6.04 Å². The van der Waals surface area contributed by atoms with Gasteiger partial charge in [0.15, 0.2) is 0 Å². The van der Waals surface area contributed by atoms with Crippen molar-refractivity contribution in [3.8, 4) is 5.75 Å². The van der Waals surface area contributed by atoms with Crippen LogP contribution < -0.4 is 10.1 Å². The number of amides is 3. The highest BCUT2D eigenvalue weighted by molar-refractivity contribution is 6.07. The van der Waals surface area contributed by atoms with E-state index in [0.29, 0.717) is 0 Å². The van der Waals surface area contributed by atoms with Crippen LogP contribution in [0.25, 0.3) is 0 Å². The van der Waals surface area contributed by atoms with Gasteiger partial charge < -0.3 is 15.0 Å². The topological polar surface area (TPSA) is 61.9 Å². The van der Waals surface area contributed by atoms with Crippen molar-refractivity contribution in [2.75, 3.05) is 27.2 Å². The second-order valence-corrected chi connectivity index (χ2v) is 6.95. The van der Waals surface area contributed by atoms with E-state index in [1.54, 1.807) is 14.0 Å². The van der Waals surface area contributed by atoms with Gasteiger partial charge in [-0.2, -0.15) is 0 Å². The molecule has 3 rings (SSSR count). The molecule has 1 atom stereocenters. The van der Waals surface area contributed by atoms with Gasteiger partial charge in [-0.25, -0.2) is 4.79 Å². The van der Waals surface area contributed by atoms with E-state index < -0.39 is 5.54 Å². The summed E-state index contributed by atoms with van der Waals surface area (Å²) in [5, 5.41) is 2.90. The van der Waals surface area contributed by atoms with Crippen molar-refractivity contribution in [2.24, 2.45) is 0 Å². The van der Waals surface area contributed by atoms with Gasteiger partial charge in [0.05, 0.1) is 7.11 Å². The number of nitrogens with one attached hydrogen (secondary N) is 1. The van der Waals surface area contributed by atoms with Crippen molar-refractivity contribution >= 4 is 11.9 Å². The Labute approximate surface area is 142 Å². The van der Waals surface area contributed by atoms with E-state index in [9.17, 15) is 9.59 Å². The van der Waals surface area contributed by atoms with Gasteiger partial charge in [0.2, 0.25) is 0 Å². The molecule has 1 aromatic rings. The number of aryl methyl sites for hydroxylation is 1. The smallest absolute Gasteiger partial charge is 0.325 e. The Kier molecular flexibility index (Phi) is 4.25. The first-order valence-corrected chi connectivity index (χ1v) is 8.36. The number of rotatable bonds is 3. The van der Waals surface area contributed by atoms with E-state index in [1.807, 2.05) is 25.1 Å². The molecule has 0 aromatic heterocycles. The molecule has 6 nitrogen and oxygen atoms in total. The number of urea groups is 1. The molecule has 1 aromatic carbocycles. The third-order valence-corrected chi connectivity index (χ3v) is 5.25. The number of nitrogens with zero attached hydrogens (tertiary/aromatic N) is 2. The normalized spacial score (nSPS) is 25.9. The first-order chi connectivity index (χ1) is 11.4. The molecule has 2 aliphatic heterocycles. The predicted octanol–water partition coefficient (Wildman–Crippen LogP) is 1.86. The lowest BCUT2D eigenvalue weighted by Crippen LogP contribution is -2.47. The molecule has 24 heavy (non-hydrogen) atoms. The summed E-state index contributed by atoms with van der Waals surface area (Å²) in [6.45, 7) is 5.52. The molecule has 0 spiro atoms. The number of hydrogen-bond acceptors (Lipinski definition) is 4. The van der Waals surface area contributed by atoms with Gasteiger partial charge in [-0.3, -0.25) is 9.69 Å². The van der Waals surface area contributed by atoms with Gasteiger partial charge >= 0.3 is 6.03 Å². The second kappa shape index (κ2) is 6.09. The summed E-state index contributed by atoms with van der Waals surface area (Å²) >= 11 is 0. The van der Waals surface area contributed by atoms with Crippen molar-refractivity contribution in [1.82, 2.24) is 15.1 Å². The SMILES string of the molecule is COc1ccc(C2(C)NC(=O)N(C3CCN(C)CC3)C2=O)cc1C. The van der Waals surface area contributed by atoms with E-state index in [-0.39, 0.29) is 18.0 Å². The first-order valence-electron chi connectivity index (χ1n) is 8.36. The third kappa shape index (κ3) is 2.65. The molecular weight excluding hydrogens is 306 g/mol. The average Bonchev–Trinajstić information content (AvgIpc) is 2.79. The molecule has 0 aliphatic carbocycles. The fraction of sp³-hybridized carbons (Fsp3) is 0.556. The molecule has 2 fully saturated rings. The number of likely N-dealkylation sites (tertiary alicyclic amines) is 1. The van der Waals surface area contributed by atoms with E-state index in [2.05, 4.69) is 17.3 Å². The Hall–Kier alpha value is -2.08. The summed E-state index contributed by atoms with van der Waals surface area (Å²) < 4.78 is 5.28.